The third-order valence-electron chi connectivity index (χ3n) is 2.70. The summed E-state index contributed by atoms with van der Waals surface area (Å²) in [5, 5.41) is 4.27. The molecule has 0 spiro atoms. The molecule has 1 N–H and O–H groups in total. The van der Waals surface area contributed by atoms with Gasteiger partial charge in [-0.1, -0.05) is 46.1 Å². The van der Waals surface area contributed by atoms with Gasteiger partial charge in [-0.2, -0.15) is 0 Å². The average Bonchev–Trinajstić information content (AvgIpc) is 2.75. The van der Waals surface area contributed by atoms with Crippen LogP contribution in [0.25, 0.3) is 0 Å². The summed E-state index contributed by atoms with van der Waals surface area (Å²) in [5.74, 6) is 0. The van der Waals surface area contributed by atoms with Gasteiger partial charge in [0.25, 0.3) is 0 Å². The Morgan fingerprint density at radius 1 is 1.26 bits per heavy atom. The molecule has 0 bridgehead atoms. The van der Waals surface area contributed by atoms with Gasteiger partial charge < -0.3 is 5.32 Å². The van der Waals surface area contributed by atoms with Crippen LogP contribution in [-0.4, -0.2) is 6.54 Å². The molecule has 0 radical (unpaired) electrons. The molecule has 0 aliphatic carbocycles. The van der Waals surface area contributed by atoms with E-state index >= 15 is 0 Å². The SMILES string of the molecule is CCCNC(c1cc(Cl)cc(Br)c1)c1ccc(Cl)s1. The Balaban J connectivity index is 2.36. The highest BCUT2D eigenvalue weighted by Crippen LogP contribution is 2.33. The normalized spacial score (nSPS) is 12.6. The second kappa shape index (κ2) is 7.09. The third-order valence-corrected chi connectivity index (χ3v) is 4.67. The van der Waals surface area contributed by atoms with Crippen molar-refractivity contribution in [3.05, 3.63) is 54.6 Å². The van der Waals surface area contributed by atoms with Gasteiger partial charge in [-0.3, -0.25) is 0 Å². The van der Waals surface area contributed by atoms with Crippen molar-refractivity contribution in [1.29, 1.82) is 0 Å². The van der Waals surface area contributed by atoms with E-state index in [2.05, 4.69) is 40.3 Å². The maximum absolute atomic E-state index is 6.14. The van der Waals surface area contributed by atoms with Crippen molar-refractivity contribution >= 4 is 50.5 Å². The van der Waals surface area contributed by atoms with Crippen LogP contribution in [0.15, 0.2) is 34.8 Å². The molecule has 0 saturated carbocycles. The van der Waals surface area contributed by atoms with E-state index < -0.39 is 0 Å². The molecular weight excluding hydrogens is 365 g/mol. The second-order valence-corrected chi connectivity index (χ2v) is 7.33. The largest absolute Gasteiger partial charge is 0.306 e. The molecule has 0 aliphatic heterocycles. The topological polar surface area (TPSA) is 12.0 Å². The molecule has 1 nitrogen and oxygen atoms in total. The minimum atomic E-state index is 0.132. The lowest BCUT2D eigenvalue weighted by atomic mass is 10.1. The van der Waals surface area contributed by atoms with Crippen LogP contribution in [0.3, 0.4) is 0 Å². The number of thiophene rings is 1. The Bertz CT molecular complexity index is 536. The lowest BCUT2D eigenvalue weighted by molar-refractivity contribution is 0.606. The first-order valence-corrected chi connectivity index (χ1v) is 8.41. The fraction of sp³-hybridized carbons (Fsp3) is 0.286. The summed E-state index contributed by atoms with van der Waals surface area (Å²) in [5.41, 5.74) is 1.14. The van der Waals surface area contributed by atoms with Gasteiger partial charge in [0.1, 0.15) is 0 Å². The lowest BCUT2D eigenvalue weighted by Gasteiger charge is -2.18. The van der Waals surface area contributed by atoms with E-state index in [-0.39, 0.29) is 6.04 Å². The first-order valence-electron chi connectivity index (χ1n) is 6.04. The quantitative estimate of drug-likeness (QED) is 0.682. The van der Waals surface area contributed by atoms with E-state index in [0.717, 1.165) is 32.4 Å². The number of benzene rings is 1. The maximum Gasteiger partial charge on any atom is 0.0931 e. The Hall–Kier alpha value is -0.0600. The zero-order chi connectivity index (χ0) is 13.8. The number of hydrogen-bond donors (Lipinski definition) is 1. The van der Waals surface area contributed by atoms with E-state index in [0.29, 0.717) is 0 Å². The number of hydrogen-bond acceptors (Lipinski definition) is 2. The summed E-state index contributed by atoms with van der Waals surface area (Å²) in [6, 6.07) is 10.1. The zero-order valence-corrected chi connectivity index (χ0v) is 14.3. The van der Waals surface area contributed by atoms with Crippen molar-refractivity contribution in [1.82, 2.24) is 5.32 Å². The van der Waals surface area contributed by atoms with Crippen LogP contribution in [0, 0.1) is 0 Å². The fourth-order valence-corrected chi connectivity index (χ4v) is 3.95. The zero-order valence-electron chi connectivity index (χ0n) is 10.4. The molecule has 2 aromatic rings. The Morgan fingerprint density at radius 2 is 2.05 bits per heavy atom. The summed E-state index contributed by atoms with van der Waals surface area (Å²) < 4.78 is 1.79. The van der Waals surface area contributed by atoms with Crippen molar-refractivity contribution < 1.29 is 0 Å². The van der Waals surface area contributed by atoms with Crippen LogP contribution in [-0.2, 0) is 0 Å². The molecule has 1 aromatic carbocycles. The minimum Gasteiger partial charge on any atom is -0.306 e. The molecule has 1 heterocycles. The highest BCUT2D eigenvalue weighted by molar-refractivity contribution is 9.10. The van der Waals surface area contributed by atoms with Gasteiger partial charge >= 0.3 is 0 Å². The summed E-state index contributed by atoms with van der Waals surface area (Å²) in [7, 11) is 0. The van der Waals surface area contributed by atoms with Gasteiger partial charge in [0.15, 0.2) is 0 Å². The maximum atomic E-state index is 6.14. The van der Waals surface area contributed by atoms with Gasteiger partial charge in [0.2, 0.25) is 0 Å². The summed E-state index contributed by atoms with van der Waals surface area (Å²) >= 11 is 17.3. The highest BCUT2D eigenvalue weighted by atomic mass is 79.9. The van der Waals surface area contributed by atoms with Crippen molar-refractivity contribution in [3.8, 4) is 0 Å². The Labute approximate surface area is 136 Å². The Kier molecular flexibility index (Phi) is 5.72. The van der Waals surface area contributed by atoms with Gasteiger partial charge in [-0.25, -0.2) is 0 Å². The fourth-order valence-electron chi connectivity index (χ4n) is 1.90. The van der Waals surface area contributed by atoms with Gasteiger partial charge in [-0.15, -0.1) is 11.3 Å². The van der Waals surface area contributed by atoms with E-state index in [4.69, 9.17) is 23.2 Å². The minimum absolute atomic E-state index is 0.132. The van der Waals surface area contributed by atoms with Crippen LogP contribution in [0.1, 0.15) is 29.8 Å². The van der Waals surface area contributed by atoms with Crippen LogP contribution >= 0.6 is 50.5 Å². The van der Waals surface area contributed by atoms with E-state index in [9.17, 15) is 0 Å². The lowest BCUT2D eigenvalue weighted by Crippen LogP contribution is -2.22. The molecule has 0 aliphatic rings. The molecule has 0 fully saturated rings. The summed E-state index contributed by atoms with van der Waals surface area (Å²) in [6.45, 7) is 3.10. The number of rotatable bonds is 5. The number of halogens is 3. The van der Waals surface area contributed by atoms with Crippen molar-refractivity contribution in [2.75, 3.05) is 6.54 Å². The smallest absolute Gasteiger partial charge is 0.0931 e. The van der Waals surface area contributed by atoms with Gasteiger partial charge in [0, 0.05) is 14.4 Å². The highest BCUT2D eigenvalue weighted by Gasteiger charge is 2.16. The molecule has 0 amide bonds. The molecule has 0 saturated heterocycles. The standard InChI is InChI=1S/C14H14BrCl2NS/c1-2-5-18-14(12-3-4-13(17)19-12)9-6-10(15)8-11(16)7-9/h3-4,6-8,14,18H,2,5H2,1H3. The molecule has 102 valence electrons. The first-order chi connectivity index (χ1) is 9.10. The molecule has 5 heteroatoms. The van der Waals surface area contributed by atoms with Crippen molar-refractivity contribution in [3.63, 3.8) is 0 Å². The molecule has 2 rings (SSSR count). The van der Waals surface area contributed by atoms with Gasteiger partial charge in [0.05, 0.1) is 10.4 Å². The average molecular weight is 379 g/mol. The molecular formula is C14H14BrCl2NS. The predicted molar refractivity (Wildman–Crippen MR) is 88.6 cm³/mol. The van der Waals surface area contributed by atoms with Crippen LogP contribution in [0.5, 0.6) is 0 Å². The predicted octanol–water partition coefficient (Wildman–Crippen LogP) is 5.91. The number of nitrogens with one attached hydrogen (secondary N) is 1. The molecule has 1 aromatic heterocycles. The second-order valence-electron chi connectivity index (χ2n) is 4.23. The van der Waals surface area contributed by atoms with E-state index in [1.165, 1.54) is 4.88 Å². The van der Waals surface area contributed by atoms with Crippen LogP contribution < -0.4 is 5.32 Å². The summed E-state index contributed by atoms with van der Waals surface area (Å²) in [6.07, 6.45) is 1.08. The van der Waals surface area contributed by atoms with E-state index in [1.54, 1.807) is 11.3 Å². The van der Waals surface area contributed by atoms with Gasteiger partial charge in [-0.05, 0) is 48.9 Å². The Morgan fingerprint density at radius 3 is 2.63 bits per heavy atom. The molecule has 19 heavy (non-hydrogen) atoms. The summed E-state index contributed by atoms with van der Waals surface area (Å²) in [4.78, 5) is 1.20. The van der Waals surface area contributed by atoms with Crippen molar-refractivity contribution in [2.24, 2.45) is 0 Å². The van der Waals surface area contributed by atoms with Crippen LogP contribution in [0.2, 0.25) is 9.36 Å². The van der Waals surface area contributed by atoms with E-state index in [1.807, 2.05) is 18.2 Å². The third kappa shape index (κ3) is 4.20. The monoisotopic (exact) mass is 377 g/mol. The first kappa shape index (κ1) is 15.3. The van der Waals surface area contributed by atoms with Crippen LogP contribution in [0.4, 0.5) is 0 Å². The molecule has 1 atom stereocenters. The molecule has 1 unspecified atom stereocenters. The van der Waals surface area contributed by atoms with Crippen molar-refractivity contribution in [2.45, 2.75) is 19.4 Å².